The van der Waals surface area contributed by atoms with Gasteiger partial charge in [-0.05, 0) is 12.2 Å². The summed E-state index contributed by atoms with van der Waals surface area (Å²) in [5.74, 6) is -1.07. The topological polar surface area (TPSA) is 157 Å². The first-order valence-electron chi connectivity index (χ1n) is 6.74. The number of carboxylic acids is 1. The lowest BCUT2D eigenvalue weighted by Crippen LogP contribution is -2.34. The van der Waals surface area contributed by atoms with Crippen molar-refractivity contribution in [3.8, 4) is 0 Å². The van der Waals surface area contributed by atoms with E-state index in [1.807, 2.05) is 0 Å². The zero-order valence-corrected chi connectivity index (χ0v) is 12.7. The highest BCUT2D eigenvalue weighted by Gasteiger charge is 2.43. The molecule has 10 nitrogen and oxygen atoms in total. The van der Waals surface area contributed by atoms with Crippen molar-refractivity contribution in [2.75, 3.05) is 13.2 Å². The molecule has 0 bridgehead atoms. The number of rotatable bonds is 6. The number of aromatic amines is 1. The van der Waals surface area contributed by atoms with Gasteiger partial charge in [-0.2, -0.15) is 0 Å². The Balaban J connectivity index is 2.27. The minimum absolute atomic E-state index is 0.0353. The normalized spacial score (nSPS) is 27.3. The lowest BCUT2D eigenvalue weighted by molar-refractivity contribution is -0.136. The molecule has 0 amide bonds. The fourth-order valence-corrected chi connectivity index (χ4v) is 2.51. The average molecular weight is 347 g/mol. The van der Waals surface area contributed by atoms with E-state index in [-0.39, 0.29) is 23.4 Å². The molecule has 128 valence electrons. The Morgan fingerprint density at radius 1 is 1.43 bits per heavy atom. The van der Waals surface area contributed by atoms with Crippen molar-refractivity contribution in [1.29, 1.82) is 0 Å². The molecule has 0 radical (unpaired) electrons. The van der Waals surface area contributed by atoms with Crippen molar-refractivity contribution in [2.45, 2.75) is 31.1 Å². The molecular weight excluding hydrogens is 330 g/mol. The highest BCUT2D eigenvalue weighted by molar-refractivity contribution is 7.71. The molecule has 1 aliphatic rings. The fraction of sp³-hybridized carbons (Fsp3) is 0.583. The second-order valence-electron chi connectivity index (χ2n) is 5.05. The number of aliphatic hydroxyl groups is 3. The van der Waals surface area contributed by atoms with Gasteiger partial charge in [-0.3, -0.25) is 19.1 Å². The molecule has 11 heteroatoms. The van der Waals surface area contributed by atoms with Crippen LogP contribution in [0, 0.1) is 4.77 Å². The van der Waals surface area contributed by atoms with E-state index in [4.69, 9.17) is 27.2 Å². The van der Waals surface area contributed by atoms with Crippen LogP contribution in [0.2, 0.25) is 0 Å². The van der Waals surface area contributed by atoms with Crippen molar-refractivity contribution in [2.24, 2.45) is 0 Å². The Morgan fingerprint density at radius 3 is 2.70 bits per heavy atom. The van der Waals surface area contributed by atoms with Gasteiger partial charge in [0, 0.05) is 18.3 Å². The first-order valence-corrected chi connectivity index (χ1v) is 7.15. The summed E-state index contributed by atoms with van der Waals surface area (Å²) in [6.07, 6.45) is -3.38. The van der Waals surface area contributed by atoms with Crippen LogP contribution in [0.4, 0.5) is 0 Å². The fourth-order valence-electron chi connectivity index (χ4n) is 2.26. The molecule has 4 unspecified atom stereocenters. The minimum atomic E-state index is -1.34. The van der Waals surface area contributed by atoms with Gasteiger partial charge in [0.05, 0.1) is 13.2 Å². The summed E-state index contributed by atoms with van der Waals surface area (Å²) in [4.78, 5) is 24.7. The molecule has 6 N–H and O–H groups in total. The number of aliphatic carboxylic acids is 1. The van der Waals surface area contributed by atoms with Crippen molar-refractivity contribution in [3.05, 3.63) is 26.9 Å². The molecule has 1 aromatic heterocycles. The van der Waals surface area contributed by atoms with Crippen LogP contribution in [0.3, 0.4) is 0 Å². The van der Waals surface area contributed by atoms with Gasteiger partial charge < -0.3 is 30.5 Å². The number of carbonyl (C=O) groups is 1. The monoisotopic (exact) mass is 347 g/mol. The highest BCUT2D eigenvalue weighted by atomic mass is 32.1. The van der Waals surface area contributed by atoms with Crippen molar-refractivity contribution in [3.63, 3.8) is 0 Å². The maximum absolute atomic E-state index is 11.8. The van der Waals surface area contributed by atoms with E-state index in [1.54, 1.807) is 0 Å². The quantitative estimate of drug-likeness (QED) is 0.311. The lowest BCUT2D eigenvalue weighted by Gasteiger charge is -2.19. The summed E-state index contributed by atoms with van der Waals surface area (Å²) in [5, 5.41) is 40.0. The van der Waals surface area contributed by atoms with E-state index in [0.29, 0.717) is 0 Å². The smallest absolute Gasteiger partial charge is 0.317 e. The summed E-state index contributed by atoms with van der Waals surface area (Å²) in [5.41, 5.74) is -0.325. The van der Waals surface area contributed by atoms with Gasteiger partial charge >= 0.3 is 5.97 Å². The molecule has 2 rings (SSSR count). The minimum Gasteiger partial charge on any atom is -0.480 e. The van der Waals surface area contributed by atoms with Crippen LogP contribution >= 0.6 is 12.2 Å². The molecule has 1 fully saturated rings. The third kappa shape index (κ3) is 3.83. The van der Waals surface area contributed by atoms with Crippen LogP contribution < -0.4 is 10.9 Å². The Bertz CT molecular complexity index is 688. The number of carboxylic acid groups (broad SMARTS) is 1. The van der Waals surface area contributed by atoms with E-state index in [0.717, 1.165) is 0 Å². The number of hydrogen-bond acceptors (Lipinski definition) is 8. The molecule has 0 spiro atoms. The first kappa shape index (κ1) is 17.7. The van der Waals surface area contributed by atoms with Gasteiger partial charge in [0.2, 0.25) is 0 Å². The SMILES string of the molecule is O=C(O)CNCc1cn(C2OC(CO)C(O)C2O)c(=S)[nH]c1=O. The van der Waals surface area contributed by atoms with Crippen molar-refractivity contribution in [1.82, 2.24) is 14.9 Å². The van der Waals surface area contributed by atoms with Gasteiger partial charge in [0.15, 0.2) is 11.0 Å². The molecular formula is C12H17N3O7S. The standard InChI is InChI=1S/C12H17N3O7S/c16-4-6-8(19)9(20)11(22-6)15-3-5(1-13-2-7(17)18)10(21)14-12(15)23/h3,6,8-9,11,13,16,19-20H,1-2,4H2,(H,17,18)(H,14,21,23). The summed E-state index contributed by atoms with van der Waals surface area (Å²) in [6.45, 7) is -0.854. The summed E-state index contributed by atoms with van der Waals surface area (Å²) in [6, 6.07) is 0. The molecule has 0 aliphatic carbocycles. The van der Waals surface area contributed by atoms with E-state index < -0.39 is 42.7 Å². The first-order chi connectivity index (χ1) is 10.8. The van der Waals surface area contributed by atoms with Crippen LogP contribution in [-0.2, 0) is 16.1 Å². The summed E-state index contributed by atoms with van der Waals surface area (Å²) >= 11 is 5.01. The Labute approximate surface area is 135 Å². The van der Waals surface area contributed by atoms with Crippen LogP contribution in [-0.4, -0.2) is 67.4 Å². The molecule has 2 heterocycles. The third-order valence-corrected chi connectivity index (χ3v) is 3.74. The predicted octanol–water partition coefficient (Wildman–Crippen LogP) is -2.31. The summed E-state index contributed by atoms with van der Waals surface area (Å²) < 4.78 is 6.56. The molecule has 1 aromatic rings. The van der Waals surface area contributed by atoms with Gasteiger partial charge in [-0.15, -0.1) is 0 Å². The van der Waals surface area contributed by atoms with Crippen LogP contribution in [0.25, 0.3) is 0 Å². The van der Waals surface area contributed by atoms with E-state index in [2.05, 4.69) is 10.3 Å². The number of nitrogens with one attached hydrogen (secondary N) is 2. The van der Waals surface area contributed by atoms with Gasteiger partial charge in [0.25, 0.3) is 5.56 Å². The zero-order chi connectivity index (χ0) is 17.1. The predicted molar refractivity (Wildman–Crippen MR) is 78.2 cm³/mol. The Hall–Kier alpha value is -1.63. The van der Waals surface area contributed by atoms with Crippen LogP contribution in [0.5, 0.6) is 0 Å². The van der Waals surface area contributed by atoms with Crippen molar-refractivity contribution < 1.29 is 30.0 Å². The van der Waals surface area contributed by atoms with Crippen LogP contribution in [0.1, 0.15) is 11.8 Å². The highest BCUT2D eigenvalue weighted by Crippen LogP contribution is 2.29. The van der Waals surface area contributed by atoms with Gasteiger partial charge in [-0.25, -0.2) is 0 Å². The molecule has 0 saturated carbocycles. The second-order valence-corrected chi connectivity index (χ2v) is 5.43. The largest absolute Gasteiger partial charge is 0.480 e. The molecule has 23 heavy (non-hydrogen) atoms. The zero-order valence-electron chi connectivity index (χ0n) is 11.9. The number of ether oxygens (including phenoxy) is 1. The maximum Gasteiger partial charge on any atom is 0.317 e. The second kappa shape index (κ2) is 7.29. The molecule has 4 atom stereocenters. The van der Waals surface area contributed by atoms with Crippen LogP contribution in [0.15, 0.2) is 11.0 Å². The molecule has 1 saturated heterocycles. The number of H-pyrrole nitrogens is 1. The number of nitrogens with zero attached hydrogens (tertiary/aromatic N) is 1. The molecule has 1 aliphatic heterocycles. The van der Waals surface area contributed by atoms with Gasteiger partial charge in [-0.1, -0.05) is 0 Å². The van der Waals surface area contributed by atoms with Crippen molar-refractivity contribution >= 4 is 18.2 Å². The number of aliphatic hydroxyl groups excluding tert-OH is 3. The lowest BCUT2D eigenvalue weighted by atomic mass is 10.1. The van der Waals surface area contributed by atoms with E-state index in [1.165, 1.54) is 10.8 Å². The summed E-state index contributed by atoms with van der Waals surface area (Å²) in [7, 11) is 0. The Kier molecular flexibility index (Phi) is 5.62. The number of hydrogen-bond donors (Lipinski definition) is 6. The number of aromatic nitrogens is 2. The maximum atomic E-state index is 11.8. The third-order valence-electron chi connectivity index (χ3n) is 3.42. The Morgan fingerprint density at radius 2 is 2.13 bits per heavy atom. The van der Waals surface area contributed by atoms with Gasteiger partial charge in [0.1, 0.15) is 18.3 Å². The average Bonchev–Trinajstić information content (AvgIpc) is 2.77. The van der Waals surface area contributed by atoms with E-state index in [9.17, 15) is 19.8 Å². The molecule has 0 aromatic carbocycles. The van der Waals surface area contributed by atoms with E-state index >= 15 is 0 Å².